The van der Waals surface area contributed by atoms with E-state index in [9.17, 15) is 20.1 Å². The summed E-state index contributed by atoms with van der Waals surface area (Å²) in [5.41, 5.74) is 7.36. The van der Waals surface area contributed by atoms with Gasteiger partial charge in [0.15, 0.2) is 17.8 Å². The number of aliphatic hydroxyl groups is 3. The fourth-order valence-electron chi connectivity index (χ4n) is 17.6. The molecule has 6 aliphatic carbocycles. The van der Waals surface area contributed by atoms with Gasteiger partial charge in [0, 0.05) is 59.8 Å². The molecule has 13 atom stereocenters. The Morgan fingerprint density at radius 2 is 1.65 bits per heavy atom. The number of benzene rings is 4. The van der Waals surface area contributed by atoms with Crippen LogP contribution in [0.1, 0.15) is 177 Å². The van der Waals surface area contributed by atoms with Gasteiger partial charge in [-0.15, -0.1) is 0 Å². The van der Waals surface area contributed by atoms with Crippen molar-refractivity contribution in [3.63, 3.8) is 0 Å². The van der Waals surface area contributed by atoms with Crippen LogP contribution in [0.3, 0.4) is 0 Å². The van der Waals surface area contributed by atoms with Gasteiger partial charge >= 0.3 is 17.6 Å². The van der Waals surface area contributed by atoms with Crippen LogP contribution < -0.4 is 10.4 Å². The highest BCUT2D eigenvalue weighted by Gasteiger charge is 2.68. The first-order valence-electron chi connectivity index (χ1n) is 30.5. The lowest BCUT2D eigenvalue weighted by atomic mass is 9.50. The van der Waals surface area contributed by atoms with E-state index in [0.29, 0.717) is 46.6 Å². The summed E-state index contributed by atoms with van der Waals surface area (Å²) in [4.78, 5) is 45.9. The first kappa shape index (κ1) is 54.2. The first-order chi connectivity index (χ1) is 39.6. The Hall–Kier alpha value is -6.11. The number of hydrogen-bond donors (Lipinski definition) is 3. The van der Waals surface area contributed by atoms with Gasteiger partial charge < -0.3 is 38.7 Å². The minimum atomic E-state index is -1.30. The Morgan fingerprint density at radius 1 is 0.790 bits per heavy atom. The molecule has 5 aromatic rings. The molecule has 3 N–H and O–H groups in total. The van der Waals surface area contributed by atoms with E-state index in [0.717, 1.165) is 69.8 Å². The van der Waals surface area contributed by atoms with E-state index in [1.165, 1.54) is 47.8 Å². The highest BCUT2D eigenvalue weighted by molar-refractivity contribution is 5.90. The zero-order valence-electron chi connectivity index (χ0n) is 47.0. The van der Waals surface area contributed by atoms with Crippen molar-refractivity contribution < 1.29 is 48.3 Å². The smallest absolute Gasteiger partial charge is 0.340 e. The van der Waals surface area contributed by atoms with Crippen molar-refractivity contribution in [2.24, 2.45) is 35.5 Å². The third kappa shape index (κ3) is 9.19. The van der Waals surface area contributed by atoms with Gasteiger partial charge in [0.25, 0.3) is 0 Å². The lowest BCUT2D eigenvalue weighted by Crippen LogP contribution is -2.69. The van der Waals surface area contributed by atoms with Crippen LogP contribution >= 0.6 is 0 Å². The molecule has 4 fully saturated rings. The average molecular weight is 1100 g/mol. The second-order valence-corrected chi connectivity index (χ2v) is 25.2. The fraction of sp³-hybridized carbons (Fsp3) is 0.500. The highest BCUT2D eigenvalue weighted by Crippen LogP contribution is 2.63. The molecule has 1 spiro atoms. The number of carbonyl (C=O) groups excluding carboxylic acids is 2. The van der Waals surface area contributed by atoms with E-state index in [4.69, 9.17) is 23.4 Å². The molecule has 4 aromatic carbocycles. The highest BCUT2D eigenvalue weighted by atomic mass is 16.6. The van der Waals surface area contributed by atoms with Crippen LogP contribution in [-0.2, 0) is 42.2 Å². The molecule has 4 saturated carbocycles. The molecule has 1 aromatic heterocycles. The quantitative estimate of drug-likeness (QED) is 0.0557. The Kier molecular flexibility index (Phi) is 14.9. The summed E-state index contributed by atoms with van der Waals surface area (Å²) in [7, 11) is 1.52. The Bertz CT molecular complexity index is 3360. The van der Waals surface area contributed by atoms with Crippen LogP contribution in [0.5, 0.6) is 5.75 Å². The molecule has 14 rings (SSSR count). The number of hydrogen-bond acceptors (Lipinski definition) is 11. The van der Waals surface area contributed by atoms with E-state index in [1.54, 1.807) is 13.0 Å². The normalized spacial score (nSPS) is 32.3. The van der Waals surface area contributed by atoms with Gasteiger partial charge in [0.05, 0.1) is 25.4 Å². The SMILES string of the molecule is COC[C@@H](CCO)c1c(CO)c2ccc3c(c2oc1=O)[C@H]1OC(=O)C[C@@H]2C[C@H](c4cccc([C@]56CCCC[C@@H]5C=Cc5ccccc56)c4)CC[C@@H]2c2ccc(cc2)CC/C(=C(\C)CO)C(=O)O[C@@H]1[C@@]1(O3)[C@@H]2[C@H]3CCC[C@@H]2C=C[C@@H]1CC3. The topological polar surface area (TPSA) is 162 Å². The van der Waals surface area contributed by atoms with E-state index >= 15 is 9.59 Å². The summed E-state index contributed by atoms with van der Waals surface area (Å²) in [6.45, 7) is 0.767. The van der Waals surface area contributed by atoms with Crippen molar-refractivity contribution in [1.29, 1.82) is 0 Å². The zero-order chi connectivity index (χ0) is 55.6. The Morgan fingerprint density at radius 3 is 2.48 bits per heavy atom. The maximum absolute atomic E-state index is 15.8. The molecule has 11 heteroatoms. The minimum Gasteiger partial charge on any atom is -0.482 e. The number of fused-ring (bicyclic) bond motifs is 14. The van der Waals surface area contributed by atoms with E-state index in [1.807, 2.05) is 6.07 Å². The number of aryl methyl sites for hydroxylation is 1. The molecule has 3 aliphatic heterocycles. The van der Waals surface area contributed by atoms with Gasteiger partial charge in [0.1, 0.15) is 11.3 Å². The predicted octanol–water partition coefficient (Wildman–Crippen LogP) is 12.6. The summed E-state index contributed by atoms with van der Waals surface area (Å²) < 4.78 is 33.9. The summed E-state index contributed by atoms with van der Waals surface area (Å²) >= 11 is 0. The molecule has 4 heterocycles. The number of rotatable bonds is 9. The van der Waals surface area contributed by atoms with Crippen molar-refractivity contribution >= 4 is 29.0 Å². The minimum absolute atomic E-state index is 0.0511. The van der Waals surface area contributed by atoms with Crippen LogP contribution in [0, 0.1) is 35.5 Å². The maximum Gasteiger partial charge on any atom is 0.340 e. The van der Waals surface area contributed by atoms with Crippen molar-refractivity contribution in [3.8, 4) is 5.75 Å². The molecular formula is C70H78O11. The summed E-state index contributed by atoms with van der Waals surface area (Å²) in [6, 6.07) is 30.7. The molecule has 81 heavy (non-hydrogen) atoms. The first-order valence-corrected chi connectivity index (χ1v) is 30.5. The summed E-state index contributed by atoms with van der Waals surface area (Å²) in [5.74, 6) is -0.694. The summed E-state index contributed by atoms with van der Waals surface area (Å²) in [6.07, 6.45) is 20.0. The molecule has 0 unspecified atom stereocenters. The third-order valence-corrected chi connectivity index (χ3v) is 21.3. The van der Waals surface area contributed by atoms with Crippen LogP contribution in [0.15, 0.2) is 124 Å². The van der Waals surface area contributed by atoms with Gasteiger partial charge in [-0.3, -0.25) is 4.79 Å². The monoisotopic (exact) mass is 1090 g/mol. The van der Waals surface area contributed by atoms with Gasteiger partial charge in [-0.2, -0.15) is 0 Å². The van der Waals surface area contributed by atoms with Crippen molar-refractivity contribution in [3.05, 3.63) is 175 Å². The largest absolute Gasteiger partial charge is 0.482 e. The van der Waals surface area contributed by atoms with Gasteiger partial charge in [-0.1, -0.05) is 116 Å². The average Bonchev–Trinajstić information content (AvgIpc) is 3.64. The molecule has 4 bridgehead atoms. The van der Waals surface area contributed by atoms with Crippen LogP contribution in [-0.4, -0.2) is 65.9 Å². The number of esters is 2. The molecular weight excluding hydrogens is 1020 g/mol. The molecule has 0 amide bonds. The van der Waals surface area contributed by atoms with Crippen LogP contribution in [0.2, 0.25) is 0 Å². The third-order valence-electron chi connectivity index (χ3n) is 21.3. The lowest BCUT2D eigenvalue weighted by molar-refractivity contribution is -0.235. The van der Waals surface area contributed by atoms with Crippen molar-refractivity contribution in [2.75, 3.05) is 26.9 Å². The van der Waals surface area contributed by atoms with Gasteiger partial charge in [-0.05, 0) is 176 Å². The van der Waals surface area contributed by atoms with E-state index < -0.39 is 47.9 Å². The Labute approximate surface area is 475 Å². The molecule has 9 aliphatic rings. The second kappa shape index (κ2) is 22.2. The van der Waals surface area contributed by atoms with E-state index in [2.05, 4.69) is 97.1 Å². The predicted molar refractivity (Wildman–Crippen MR) is 310 cm³/mol. The number of aliphatic hydroxyl groups excluding tert-OH is 3. The standard InChI is InChI=1S/C70H78O11/c1-41(38-72)54-28-18-42-16-19-43(20-17-42)55-29-24-48(47-12-8-14-53(36-47)69-33-6-5-13-51(69)25-21-44-9-3-4-15-58(44)69)35-50(55)37-60(74)78-65-62-59(31-30-56-57(39-73)61(68(76)79-64(56)62)49(32-34-71)40-77-2)81-70(66(65)80-67(54)75)52-26-22-45-10-7-11-46(23-27-52)63(45)70/h3-4,8-9,12,14-17,19-22,25-26,30-31,36,45-46,48-52,55,63,65-66,71-73H,5-7,10-11,13,18,23-24,27-29,32-35,37-40H2,1-2H3/b54-41-/t45-,46+,48-,49-,50+,51-,52-,55-,63+,65-,66+,69+,70+/m1/s1. The van der Waals surface area contributed by atoms with Gasteiger partial charge in [-0.25, -0.2) is 9.59 Å². The lowest BCUT2D eigenvalue weighted by Gasteiger charge is -2.62. The molecule has 424 valence electrons. The number of allylic oxidation sites excluding steroid dienone is 2. The van der Waals surface area contributed by atoms with Crippen molar-refractivity contribution in [1.82, 2.24) is 0 Å². The van der Waals surface area contributed by atoms with Crippen molar-refractivity contribution in [2.45, 2.75) is 157 Å². The molecule has 11 nitrogen and oxygen atoms in total. The number of carbonyl (C=O) groups is 2. The van der Waals surface area contributed by atoms with Crippen LogP contribution in [0.4, 0.5) is 0 Å². The van der Waals surface area contributed by atoms with E-state index in [-0.39, 0.29) is 96.2 Å². The van der Waals surface area contributed by atoms with Crippen LogP contribution in [0.25, 0.3) is 17.0 Å². The Balaban J connectivity index is 0.953. The number of methoxy groups -OCH3 is 1. The fourth-order valence-corrected chi connectivity index (χ4v) is 17.6. The molecule has 0 saturated heterocycles. The zero-order valence-corrected chi connectivity index (χ0v) is 47.0. The molecule has 0 radical (unpaired) electrons. The summed E-state index contributed by atoms with van der Waals surface area (Å²) in [5, 5.41) is 32.6. The maximum atomic E-state index is 15.8. The van der Waals surface area contributed by atoms with Gasteiger partial charge in [0.2, 0.25) is 0 Å². The second-order valence-electron chi connectivity index (χ2n) is 25.2. The number of ether oxygens (including phenoxy) is 4.